The molecule has 1 aromatic carbocycles. The van der Waals surface area contributed by atoms with Crippen molar-refractivity contribution < 1.29 is 4.74 Å². The number of hydrogen-bond donors (Lipinski definition) is 1. The molecule has 2 heterocycles. The summed E-state index contributed by atoms with van der Waals surface area (Å²) >= 11 is 6.14. The lowest BCUT2D eigenvalue weighted by Crippen LogP contribution is -2.21. The van der Waals surface area contributed by atoms with E-state index in [2.05, 4.69) is 22.2 Å². The van der Waals surface area contributed by atoms with Crippen LogP contribution >= 0.6 is 11.6 Å². The average Bonchev–Trinajstić information content (AvgIpc) is 2.76. The molecule has 0 bridgehead atoms. The van der Waals surface area contributed by atoms with Crippen LogP contribution in [0.4, 0.5) is 0 Å². The van der Waals surface area contributed by atoms with E-state index in [1.807, 2.05) is 25.1 Å². The van der Waals surface area contributed by atoms with E-state index in [1.165, 1.54) is 0 Å². The number of fused-ring (bicyclic) bond motifs is 1. The minimum Gasteiger partial charge on any atom is -0.471 e. The van der Waals surface area contributed by atoms with Gasteiger partial charge in [-0.25, -0.2) is 9.97 Å². The maximum absolute atomic E-state index is 6.14. The van der Waals surface area contributed by atoms with Crippen LogP contribution in [0.1, 0.15) is 18.9 Å². The van der Waals surface area contributed by atoms with Crippen molar-refractivity contribution in [2.75, 3.05) is 6.54 Å². The van der Waals surface area contributed by atoms with E-state index in [0.29, 0.717) is 17.1 Å². The first-order chi connectivity index (χ1) is 9.11. The van der Waals surface area contributed by atoms with Crippen molar-refractivity contribution in [3.05, 3.63) is 28.9 Å². The lowest BCUT2D eigenvalue weighted by atomic mass is 10.2. The van der Waals surface area contributed by atoms with Gasteiger partial charge in [0.05, 0.1) is 11.0 Å². The number of benzene rings is 1. The Labute approximate surface area is 117 Å². The zero-order valence-corrected chi connectivity index (χ0v) is 11.7. The minimum atomic E-state index is 0.115. The molecule has 1 N–H and O–H groups in total. The fourth-order valence-corrected chi connectivity index (χ4v) is 2.52. The van der Waals surface area contributed by atoms with E-state index in [0.717, 1.165) is 29.6 Å². The highest BCUT2D eigenvalue weighted by Crippen LogP contribution is 2.26. The molecule has 1 saturated heterocycles. The van der Waals surface area contributed by atoms with Crippen LogP contribution in [0, 0.1) is 6.92 Å². The van der Waals surface area contributed by atoms with Crippen molar-refractivity contribution in [1.29, 1.82) is 0 Å². The molecular weight excluding hydrogens is 262 g/mol. The summed E-state index contributed by atoms with van der Waals surface area (Å²) in [7, 11) is 0. The van der Waals surface area contributed by atoms with E-state index >= 15 is 0 Å². The molecule has 2 atom stereocenters. The summed E-state index contributed by atoms with van der Waals surface area (Å²) in [5, 5.41) is 3.67. The Morgan fingerprint density at radius 2 is 2.16 bits per heavy atom. The van der Waals surface area contributed by atoms with Crippen LogP contribution in [0.5, 0.6) is 5.88 Å². The van der Waals surface area contributed by atoms with Crippen molar-refractivity contribution in [2.24, 2.45) is 0 Å². The first-order valence-corrected chi connectivity index (χ1v) is 6.83. The second-order valence-electron chi connectivity index (χ2n) is 5.10. The highest BCUT2D eigenvalue weighted by atomic mass is 35.5. The van der Waals surface area contributed by atoms with Gasteiger partial charge in [-0.15, -0.1) is 0 Å². The highest BCUT2D eigenvalue weighted by Gasteiger charge is 2.23. The molecule has 0 saturated carbocycles. The summed E-state index contributed by atoms with van der Waals surface area (Å²) < 4.78 is 5.86. The van der Waals surface area contributed by atoms with Crippen LogP contribution < -0.4 is 10.1 Å². The van der Waals surface area contributed by atoms with E-state index in [9.17, 15) is 0 Å². The summed E-state index contributed by atoms with van der Waals surface area (Å²) in [4.78, 5) is 8.81. The average molecular weight is 278 g/mol. The second-order valence-corrected chi connectivity index (χ2v) is 5.45. The zero-order chi connectivity index (χ0) is 13.4. The molecule has 5 heteroatoms. The molecule has 0 spiro atoms. The van der Waals surface area contributed by atoms with Gasteiger partial charge in [0.2, 0.25) is 0 Å². The Morgan fingerprint density at radius 3 is 2.89 bits per heavy atom. The molecule has 2 aromatic rings. The van der Waals surface area contributed by atoms with Crippen molar-refractivity contribution in [2.45, 2.75) is 32.4 Å². The van der Waals surface area contributed by atoms with Crippen molar-refractivity contribution in [3.8, 4) is 5.88 Å². The summed E-state index contributed by atoms with van der Waals surface area (Å²) in [6.45, 7) is 4.99. The largest absolute Gasteiger partial charge is 0.471 e. The molecule has 4 nitrogen and oxygen atoms in total. The lowest BCUT2D eigenvalue weighted by Gasteiger charge is -2.13. The van der Waals surface area contributed by atoms with E-state index in [-0.39, 0.29) is 6.10 Å². The fraction of sp³-hybridized carbons (Fsp3) is 0.429. The Morgan fingerprint density at radius 1 is 1.32 bits per heavy atom. The van der Waals surface area contributed by atoms with Gasteiger partial charge in [0.1, 0.15) is 6.10 Å². The highest BCUT2D eigenvalue weighted by molar-refractivity contribution is 6.31. The number of aromatic nitrogens is 2. The van der Waals surface area contributed by atoms with Gasteiger partial charge in [-0.05, 0) is 31.5 Å². The molecule has 19 heavy (non-hydrogen) atoms. The maximum atomic E-state index is 6.14. The summed E-state index contributed by atoms with van der Waals surface area (Å²) in [6.07, 6.45) is 1.08. The van der Waals surface area contributed by atoms with Gasteiger partial charge in [0.15, 0.2) is 5.15 Å². The quantitative estimate of drug-likeness (QED) is 0.917. The molecule has 1 aromatic heterocycles. The van der Waals surface area contributed by atoms with Gasteiger partial charge >= 0.3 is 0 Å². The van der Waals surface area contributed by atoms with Crippen LogP contribution in [0.25, 0.3) is 11.0 Å². The molecule has 1 unspecified atom stereocenters. The van der Waals surface area contributed by atoms with Gasteiger partial charge in [-0.1, -0.05) is 17.7 Å². The van der Waals surface area contributed by atoms with Crippen molar-refractivity contribution in [1.82, 2.24) is 15.3 Å². The maximum Gasteiger partial charge on any atom is 0.253 e. The number of halogens is 1. The van der Waals surface area contributed by atoms with Crippen molar-refractivity contribution >= 4 is 22.6 Å². The third-order valence-electron chi connectivity index (χ3n) is 3.34. The van der Waals surface area contributed by atoms with E-state index in [1.54, 1.807) is 0 Å². The number of aryl methyl sites for hydroxylation is 1. The molecule has 3 rings (SSSR count). The summed E-state index contributed by atoms with van der Waals surface area (Å²) in [5.41, 5.74) is 2.76. The van der Waals surface area contributed by atoms with Crippen LogP contribution in [0.15, 0.2) is 18.2 Å². The molecule has 1 aliphatic heterocycles. The monoisotopic (exact) mass is 277 g/mol. The predicted molar refractivity (Wildman–Crippen MR) is 75.8 cm³/mol. The molecule has 1 aliphatic rings. The molecular formula is C14H16ClN3O. The van der Waals surface area contributed by atoms with E-state index < -0.39 is 0 Å². The first kappa shape index (κ1) is 12.6. The third-order valence-corrected chi connectivity index (χ3v) is 3.58. The number of rotatable bonds is 2. The Balaban J connectivity index is 1.92. The third kappa shape index (κ3) is 2.65. The standard InChI is InChI=1S/C14H16ClN3O/c1-8-3-4-11-12(5-8)18-14(13(15)17-11)19-10-6-9(2)16-7-10/h3-5,9-10,16H,6-7H2,1-2H3/t9-,10?/m1/s1. The number of nitrogens with one attached hydrogen (secondary N) is 1. The molecule has 100 valence electrons. The molecule has 0 radical (unpaired) electrons. The van der Waals surface area contributed by atoms with E-state index in [4.69, 9.17) is 16.3 Å². The predicted octanol–water partition coefficient (Wildman–Crippen LogP) is 2.72. The normalized spacial score (nSPS) is 22.9. The van der Waals surface area contributed by atoms with Crippen LogP contribution in [-0.2, 0) is 0 Å². The second kappa shape index (κ2) is 4.94. The Kier molecular flexibility index (Phi) is 3.29. The van der Waals surface area contributed by atoms with Crippen LogP contribution in [0.3, 0.4) is 0 Å². The van der Waals surface area contributed by atoms with Crippen molar-refractivity contribution in [3.63, 3.8) is 0 Å². The SMILES string of the molecule is Cc1ccc2nc(Cl)c(OC3CN[C@H](C)C3)nc2c1. The Bertz CT molecular complexity index is 617. The Hall–Kier alpha value is -1.39. The van der Waals surface area contributed by atoms with Gasteiger partial charge in [-0.2, -0.15) is 0 Å². The zero-order valence-electron chi connectivity index (χ0n) is 11.0. The molecule has 0 amide bonds. The number of hydrogen-bond acceptors (Lipinski definition) is 4. The smallest absolute Gasteiger partial charge is 0.253 e. The molecule has 1 fully saturated rings. The van der Waals surface area contributed by atoms with Crippen LogP contribution in [-0.4, -0.2) is 28.7 Å². The number of nitrogens with zero attached hydrogens (tertiary/aromatic N) is 2. The first-order valence-electron chi connectivity index (χ1n) is 6.46. The topological polar surface area (TPSA) is 47.0 Å². The van der Waals surface area contributed by atoms with Crippen LogP contribution in [0.2, 0.25) is 5.15 Å². The van der Waals surface area contributed by atoms with Gasteiger partial charge in [0.25, 0.3) is 5.88 Å². The lowest BCUT2D eigenvalue weighted by molar-refractivity contribution is 0.211. The van der Waals surface area contributed by atoms with Gasteiger partial charge < -0.3 is 10.1 Å². The minimum absolute atomic E-state index is 0.115. The number of ether oxygens (including phenoxy) is 1. The molecule has 0 aliphatic carbocycles. The van der Waals surface area contributed by atoms with Gasteiger partial charge in [-0.3, -0.25) is 0 Å². The van der Waals surface area contributed by atoms with Gasteiger partial charge in [0, 0.05) is 19.0 Å². The fourth-order valence-electron chi connectivity index (χ4n) is 2.34. The summed E-state index contributed by atoms with van der Waals surface area (Å²) in [5.74, 6) is 0.431. The summed E-state index contributed by atoms with van der Waals surface area (Å²) in [6, 6.07) is 6.38.